The molecule has 3 nitrogen and oxygen atoms in total. The predicted molar refractivity (Wildman–Crippen MR) is 82.1 cm³/mol. The number of imidazole rings is 1. The molecule has 0 aliphatic carbocycles. The smallest absolute Gasteiger partial charge is 0.201 e. The minimum absolute atomic E-state index is 0.550. The normalized spacial score (nSPS) is 11.1. The van der Waals surface area contributed by atoms with Gasteiger partial charge in [-0.2, -0.15) is 0 Å². The molecule has 0 atom stereocenters. The van der Waals surface area contributed by atoms with Gasteiger partial charge in [0.2, 0.25) is 5.95 Å². The molecule has 0 fully saturated rings. The summed E-state index contributed by atoms with van der Waals surface area (Å²) in [5, 5.41) is 0. The highest BCUT2D eigenvalue weighted by molar-refractivity contribution is 9.10. The van der Waals surface area contributed by atoms with Crippen LogP contribution in [0.15, 0.2) is 46.9 Å². The number of nitrogens with zero attached hydrogens (tertiary/aromatic N) is 2. The highest BCUT2D eigenvalue weighted by Gasteiger charge is 2.08. The van der Waals surface area contributed by atoms with Gasteiger partial charge in [-0.3, -0.25) is 0 Å². The molecule has 96 valence electrons. The van der Waals surface area contributed by atoms with Crippen LogP contribution in [0.5, 0.6) is 0 Å². The number of nitrogens with two attached hydrogens (primary N) is 1. The lowest BCUT2D eigenvalue weighted by Crippen LogP contribution is -2.04. The molecule has 3 rings (SSSR count). The van der Waals surface area contributed by atoms with E-state index in [2.05, 4.69) is 52.1 Å². The average molecular weight is 316 g/mol. The Hall–Kier alpha value is -1.81. The van der Waals surface area contributed by atoms with Gasteiger partial charge in [-0.05, 0) is 30.7 Å². The highest BCUT2D eigenvalue weighted by Crippen LogP contribution is 2.23. The fourth-order valence-electron chi connectivity index (χ4n) is 2.16. The summed E-state index contributed by atoms with van der Waals surface area (Å²) in [6.07, 6.45) is 0. The Bertz CT molecular complexity index is 729. The summed E-state index contributed by atoms with van der Waals surface area (Å²) in [6, 6.07) is 14.5. The number of hydrogen-bond donors (Lipinski definition) is 1. The van der Waals surface area contributed by atoms with E-state index in [9.17, 15) is 0 Å². The van der Waals surface area contributed by atoms with Crippen molar-refractivity contribution >= 4 is 32.9 Å². The number of hydrogen-bond acceptors (Lipinski definition) is 2. The lowest BCUT2D eigenvalue weighted by molar-refractivity contribution is 0.838. The van der Waals surface area contributed by atoms with Crippen LogP contribution in [0, 0.1) is 6.92 Å². The van der Waals surface area contributed by atoms with Gasteiger partial charge in [0.25, 0.3) is 0 Å². The summed E-state index contributed by atoms with van der Waals surface area (Å²) in [6.45, 7) is 2.82. The first kappa shape index (κ1) is 12.2. The van der Waals surface area contributed by atoms with Gasteiger partial charge in [-0.15, -0.1) is 0 Å². The Morgan fingerprint density at radius 2 is 1.89 bits per heavy atom. The van der Waals surface area contributed by atoms with E-state index in [1.54, 1.807) is 0 Å². The molecule has 0 spiro atoms. The predicted octanol–water partition coefficient (Wildman–Crippen LogP) is 3.74. The van der Waals surface area contributed by atoms with Crippen molar-refractivity contribution in [2.45, 2.75) is 13.5 Å². The van der Waals surface area contributed by atoms with Crippen LogP contribution < -0.4 is 5.73 Å². The second kappa shape index (κ2) is 4.70. The van der Waals surface area contributed by atoms with Crippen LogP contribution in [0.3, 0.4) is 0 Å². The molecule has 2 N–H and O–H groups in total. The van der Waals surface area contributed by atoms with Crippen LogP contribution in [-0.4, -0.2) is 9.55 Å². The minimum Gasteiger partial charge on any atom is -0.369 e. The maximum absolute atomic E-state index is 6.02. The van der Waals surface area contributed by atoms with Crippen molar-refractivity contribution in [1.29, 1.82) is 0 Å². The Morgan fingerprint density at radius 3 is 2.63 bits per heavy atom. The molecule has 0 aliphatic rings. The third-order valence-electron chi connectivity index (χ3n) is 3.20. The molecular weight excluding hydrogens is 302 g/mol. The van der Waals surface area contributed by atoms with Crippen LogP contribution >= 0.6 is 15.9 Å². The van der Waals surface area contributed by atoms with Crippen molar-refractivity contribution in [3.63, 3.8) is 0 Å². The van der Waals surface area contributed by atoms with Crippen LogP contribution in [0.4, 0.5) is 5.95 Å². The molecule has 2 aromatic carbocycles. The number of aryl methyl sites for hydroxylation is 1. The van der Waals surface area contributed by atoms with Crippen molar-refractivity contribution in [3.05, 3.63) is 58.1 Å². The van der Waals surface area contributed by atoms with Crippen molar-refractivity contribution in [2.24, 2.45) is 0 Å². The molecule has 0 bridgehead atoms. The summed E-state index contributed by atoms with van der Waals surface area (Å²) in [5.74, 6) is 0.550. The molecule has 0 saturated carbocycles. The monoisotopic (exact) mass is 315 g/mol. The quantitative estimate of drug-likeness (QED) is 0.783. The molecule has 0 unspecified atom stereocenters. The number of benzene rings is 2. The Morgan fingerprint density at radius 1 is 1.16 bits per heavy atom. The van der Waals surface area contributed by atoms with Crippen molar-refractivity contribution in [3.8, 4) is 0 Å². The third-order valence-corrected chi connectivity index (χ3v) is 3.69. The van der Waals surface area contributed by atoms with E-state index >= 15 is 0 Å². The third kappa shape index (κ3) is 2.36. The Labute approximate surface area is 120 Å². The van der Waals surface area contributed by atoms with E-state index in [0.717, 1.165) is 22.1 Å². The van der Waals surface area contributed by atoms with E-state index in [-0.39, 0.29) is 0 Å². The van der Waals surface area contributed by atoms with Gasteiger partial charge in [-0.25, -0.2) is 4.98 Å². The molecule has 19 heavy (non-hydrogen) atoms. The minimum atomic E-state index is 0.550. The Balaban J connectivity index is 2.06. The van der Waals surface area contributed by atoms with Gasteiger partial charge in [0.05, 0.1) is 17.6 Å². The van der Waals surface area contributed by atoms with Gasteiger partial charge in [-0.1, -0.05) is 45.8 Å². The fraction of sp³-hybridized carbons (Fsp3) is 0.133. The zero-order valence-electron chi connectivity index (χ0n) is 10.6. The molecule has 1 aromatic heterocycles. The molecule has 1 heterocycles. The molecule has 0 radical (unpaired) electrons. The SMILES string of the molecule is Cc1ccc(Cn2c(N)nc3ccc(Br)cc32)cc1. The molecule has 4 heteroatoms. The topological polar surface area (TPSA) is 43.8 Å². The lowest BCUT2D eigenvalue weighted by Gasteiger charge is -2.07. The maximum Gasteiger partial charge on any atom is 0.201 e. The number of aromatic nitrogens is 2. The van der Waals surface area contributed by atoms with Gasteiger partial charge in [0.15, 0.2) is 0 Å². The first-order chi connectivity index (χ1) is 9.13. The van der Waals surface area contributed by atoms with Crippen molar-refractivity contribution in [2.75, 3.05) is 5.73 Å². The molecule has 0 aliphatic heterocycles. The molecule has 0 saturated heterocycles. The van der Waals surface area contributed by atoms with Crippen LogP contribution in [0.25, 0.3) is 11.0 Å². The summed E-state index contributed by atoms with van der Waals surface area (Å²) >= 11 is 3.49. The Kier molecular flexibility index (Phi) is 3.03. The summed E-state index contributed by atoms with van der Waals surface area (Å²) in [7, 11) is 0. The number of fused-ring (bicyclic) bond motifs is 1. The van der Waals surface area contributed by atoms with Crippen LogP contribution in [-0.2, 0) is 6.54 Å². The number of halogens is 1. The largest absolute Gasteiger partial charge is 0.369 e. The zero-order valence-corrected chi connectivity index (χ0v) is 12.2. The van der Waals surface area contributed by atoms with E-state index in [0.29, 0.717) is 5.95 Å². The van der Waals surface area contributed by atoms with Crippen LogP contribution in [0.2, 0.25) is 0 Å². The second-order valence-corrected chi connectivity index (χ2v) is 5.59. The van der Waals surface area contributed by atoms with E-state index in [1.807, 2.05) is 22.8 Å². The first-order valence-corrected chi connectivity index (χ1v) is 6.89. The van der Waals surface area contributed by atoms with Gasteiger partial charge >= 0.3 is 0 Å². The summed E-state index contributed by atoms with van der Waals surface area (Å²) in [5.41, 5.74) is 10.5. The number of anilines is 1. The lowest BCUT2D eigenvalue weighted by atomic mass is 10.1. The van der Waals surface area contributed by atoms with Crippen molar-refractivity contribution < 1.29 is 0 Å². The standard InChI is InChI=1S/C15H14BrN3/c1-10-2-4-11(5-3-10)9-19-14-8-12(16)6-7-13(14)18-15(19)17/h2-8H,9H2,1H3,(H2,17,18). The second-order valence-electron chi connectivity index (χ2n) is 4.67. The summed E-state index contributed by atoms with van der Waals surface area (Å²) < 4.78 is 3.06. The number of nitrogen functional groups attached to an aromatic ring is 1. The van der Waals surface area contributed by atoms with E-state index in [4.69, 9.17) is 5.73 Å². The maximum atomic E-state index is 6.02. The summed E-state index contributed by atoms with van der Waals surface area (Å²) in [4.78, 5) is 4.39. The fourth-order valence-corrected chi connectivity index (χ4v) is 2.51. The molecule has 3 aromatic rings. The number of rotatable bonds is 2. The highest BCUT2D eigenvalue weighted by atomic mass is 79.9. The van der Waals surface area contributed by atoms with E-state index in [1.165, 1.54) is 11.1 Å². The molecular formula is C15H14BrN3. The van der Waals surface area contributed by atoms with E-state index < -0.39 is 0 Å². The molecule has 0 amide bonds. The van der Waals surface area contributed by atoms with Crippen molar-refractivity contribution in [1.82, 2.24) is 9.55 Å². The van der Waals surface area contributed by atoms with Gasteiger partial charge in [0.1, 0.15) is 0 Å². The van der Waals surface area contributed by atoms with Gasteiger partial charge < -0.3 is 10.3 Å². The van der Waals surface area contributed by atoms with Crippen LogP contribution in [0.1, 0.15) is 11.1 Å². The first-order valence-electron chi connectivity index (χ1n) is 6.10. The van der Waals surface area contributed by atoms with Gasteiger partial charge in [0, 0.05) is 4.47 Å². The zero-order chi connectivity index (χ0) is 13.4. The average Bonchev–Trinajstić information content (AvgIpc) is 2.69.